The zero-order chi connectivity index (χ0) is 10.5. The summed E-state index contributed by atoms with van der Waals surface area (Å²) in [4.78, 5) is 4.79. The van der Waals surface area contributed by atoms with Gasteiger partial charge < -0.3 is 9.57 Å². The van der Waals surface area contributed by atoms with E-state index in [1.165, 1.54) is 24.8 Å². The Morgan fingerprint density at radius 1 is 1.27 bits per heavy atom. The topological polar surface area (TPSA) is 30.5 Å². The van der Waals surface area contributed by atoms with Gasteiger partial charge in [0.25, 0.3) is 0 Å². The minimum Gasteiger partial charge on any atom is -0.490 e. The third-order valence-electron chi connectivity index (χ3n) is 2.70. The molecule has 1 aromatic carbocycles. The number of hydrogen-bond acceptors (Lipinski definition) is 3. The molecule has 1 N–H and O–H groups in total. The van der Waals surface area contributed by atoms with Crippen molar-refractivity contribution < 1.29 is 9.57 Å². The number of hydroxylamine groups is 1. The van der Waals surface area contributed by atoms with Crippen molar-refractivity contribution in [2.75, 3.05) is 7.11 Å². The van der Waals surface area contributed by atoms with E-state index in [9.17, 15) is 0 Å². The lowest BCUT2D eigenvalue weighted by Crippen LogP contribution is -2.24. The monoisotopic (exact) mass is 207 g/mol. The maximum Gasteiger partial charge on any atom is 0.119 e. The van der Waals surface area contributed by atoms with Gasteiger partial charge in [-0.15, -0.1) is 0 Å². The Bertz CT molecular complexity index is 293. The molecule has 1 aliphatic carbocycles. The number of benzene rings is 1. The highest BCUT2D eigenvalue weighted by molar-refractivity contribution is 5.27. The average Bonchev–Trinajstić information content (AvgIpc) is 2.22. The quantitative estimate of drug-likeness (QED) is 0.751. The molecule has 1 aliphatic rings. The van der Waals surface area contributed by atoms with E-state index in [1.807, 2.05) is 12.1 Å². The van der Waals surface area contributed by atoms with Crippen LogP contribution in [0, 0.1) is 0 Å². The van der Waals surface area contributed by atoms with Gasteiger partial charge >= 0.3 is 0 Å². The van der Waals surface area contributed by atoms with Crippen molar-refractivity contribution in [3.63, 3.8) is 0 Å². The molecule has 3 nitrogen and oxygen atoms in total. The molecule has 0 radical (unpaired) electrons. The fourth-order valence-electron chi connectivity index (χ4n) is 1.52. The third-order valence-corrected chi connectivity index (χ3v) is 2.70. The molecule has 1 fully saturated rings. The lowest BCUT2D eigenvalue weighted by Gasteiger charge is -2.26. The van der Waals surface area contributed by atoms with Crippen LogP contribution in [0.25, 0.3) is 0 Å². The molecule has 0 amide bonds. The highest BCUT2D eigenvalue weighted by Gasteiger charge is 2.18. The van der Waals surface area contributed by atoms with Gasteiger partial charge in [-0.3, -0.25) is 0 Å². The Morgan fingerprint density at radius 3 is 2.53 bits per heavy atom. The molecule has 0 unspecified atom stereocenters. The van der Waals surface area contributed by atoms with Crippen LogP contribution >= 0.6 is 0 Å². The Labute approximate surface area is 90.3 Å². The number of nitrogens with one attached hydrogen (secondary N) is 1. The Kier molecular flexibility index (Phi) is 3.59. The van der Waals surface area contributed by atoms with Crippen LogP contribution in [-0.4, -0.2) is 13.2 Å². The largest absolute Gasteiger partial charge is 0.490 e. The van der Waals surface area contributed by atoms with Crippen LogP contribution in [0.15, 0.2) is 24.3 Å². The molecule has 0 spiro atoms. The van der Waals surface area contributed by atoms with Crippen LogP contribution < -0.4 is 10.2 Å². The second-order valence-corrected chi connectivity index (χ2v) is 3.84. The molecule has 15 heavy (non-hydrogen) atoms. The number of rotatable bonds is 5. The van der Waals surface area contributed by atoms with Gasteiger partial charge in [0.15, 0.2) is 0 Å². The van der Waals surface area contributed by atoms with Gasteiger partial charge in [-0.05, 0) is 37.0 Å². The fraction of sp³-hybridized carbons (Fsp3) is 0.500. The van der Waals surface area contributed by atoms with Gasteiger partial charge in [-0.2, -0.15) is 5.48 Å². The lowest BCUT2D eigenvalue weighted by atomic mass is 9.96. The van der Waals surface area contributed by atoms with Gasteiger partial charge in [0.05, 0.1) is 13.2 Å². The summed E-state index contributed by atoms with van der Waals surface area (Å²) in [5.41, 5.74) is 4.00. The molecule has 0 aromatic heterocycles. The summed E-state index contributed by atoms with van der Waals surface area (Å²) in [5.74, 6) is 0.973. The molecular formula is C12H17NO2. The molecule has 0 atom stereocenters. The van der Waals surface area contributed by atoms with Crippen molar-refractivity contribution in [1.29, 1.82) is 0 Å². The maximum atomic E-state index is 5.76. The van der Waals surface area contributed by atoms with Crippen molar-refractivity contribution >= 4 is 0 Å². The Morgan fingerprint density at radius 2 is 2.00 bits per heavy atom. The average molecular weight is 207 g/mol. The van der Waals surface area contributed by atoms with Crippen molar-refractivity contribution in [3.05, 3.63) is 29.8 Å². The minimum atomic E-state index is 0.452. The molecule has 1 saturated carbocycles. The first-order valence-corrected chi connectivity index (χ1v) is 5.40. The van der Waals surface area contributed by atoms with E-state index >= 15 is 0 Å². The summed E-state index contributed by atoms with van der Waals surface area (Å²) in [6.07, 6.45) is 4.16. The Balaban J connectivity index is 1.85. The minimum absolute atomic E-state index is 0.452. The fourth-order valence-corrected chi connectivity index (χ4v) is 1.52. The zero-order valence-corrected chi connectivity index (χ0v) is 9.03. The number of ether oxygens (including phenoxy) is 1. The summed E-state index contributed by atoms with van der Waals surface area (Å²) in [7, 11) is 1.62. The van der Waals surface area contributed by atoms with E-state index in [2.05, 4.69) is 17.6 Å². The van der Waals surface area contributed by atoms with Crippen LogP contribution in [0.3, 0.4) is 0 Å². The predicted molar refractivity (Wildman–Crippen MR) is 58.6 cm³/mol. The van der Waals surface area contributed by atoms with Gasteiger partial charge in [-0.1, -0.05) is 12.1 Å². The van der Waals surface area contributed by atoms with Crippen LogP contribution in [0.1, 0.15) is 24.8 Å². The molecular weight excluding hydrogens is 190 g/mol. The van der Waals surface area contributed by atoms with Crippen LogP contribution in [0.4, 0.5) is 0 Å². The summed E-state index contributed by atoms with van der Waals surface area (Å²) in [5, 5.41) is 0. The predicted octanol–water partition coefficient (Wildman–Crippen LogP) is 2.27. The first kappa shape index (κ1) is 10.5. The number of hydrogen-bond donors (Lipinski definition) is 1. The first-order valence-electron chi connectivity index (χ1n) is 5.40. The molecule has 1 aromatic rings. The van der Waals surface area contributed by atoms with Crippen LogP contribution in [0.2, 0.25) is 0 Å². The van der Waals surface area contributed by atoms with E-state index < -0.39 is 0 Å². The lowest BCUT2D eigenvalue weighted by molar-refractivity contribution is 0.0866. The molecule has 0 aliphatic heterocycles. The first-order chi connectivity index (χ1) is 7.38. The second kappa shape index (κ2) is 5.14. The normalized spacial score (nSPS) is 16.1. The van der Waals surface area contributed by atoms with Gasteiger partial charge in [-0.25, -0.2) is 0 Å². The van der Waals surface area contributed by atoms with Crippen molar-refractivity contribution in [1.82, 2.24) is 5.48 Å². The highest BCUT2D eigenvalue weighted by atomic mass is 16.6. The van der Waals surface area contributed by atoms with Gasteiger partial charge in [0.1, 0.15) is 5.75 Å². The molecule has 2 rings (SSSR count). The van der Waals surface area contributed by atoms with Gasteiger partial charge in [0.2, 0.25) is 0 Å². The Hall–Kier alpha value is -1.06. The second-order valence-electron chi connectivity index (χ2n) is 3.84. The smallest absolute Gasteiger partial charge is 0.119 e. The highest BCUT2D eigenvalue weighted by Crippen LogP contribution is 2.25. The zero-order valence-electron chi connectivity index (χ0n) is 9.03. The summed E-state index contributed by atoms with van der Waals surface area (Å²) < 4.78 is 5.76. The van der Waals surface area contributed by atoms with Crippen molar-refractivity contribution in [2.45, 2.75) is 31.9 Å². The molecule has 82 valence electrons. The SMILES string of the molecule is CONCc1ccc(OC2CCC2)cc1. The van der Waals surface area contributed by atoms with Gasteiger partial charge in [0, 0.05) is 6.54 Å². The van der Waals surface area contributed by atoms with E-state index in [0.717, 1.165) is 12.3 Å². The van der Waals surface area contributed by atoms with Crippen molar-refractivity contribution in [3.8, 4) is 5.75 Å². The van der Waals surface area contributed by atoms with E-state index in [0.29, 0.717) is 6.10 Å². The van der Waals surface area contributed by atoms with Crippen LogP contribution in [-0.2, 0) is 11.4 Å². The van der Waals surface area contributed by atoms with E-state index in [1.54, 1.807) is 7.11 Å². The molecule has 3 heteroatoms. The van der Waals surface area contributed by atoms with E-state index in [4.69, 9.17) is 9.57 Å². The maximum absolute atomic E-state index is 5.76. The van der Waals surface area contributed by atoms with Crippen LogP contribution in [0.5, 0.6) is 5.75 Å². The van der Waals surface area contributed by atoms with Crippen molar-refractivity contribution in [2.24, 2.45) is 0 Å². The molecule has 0 saturated heterocycles. The third kappa shape index (κ3) is 2.94. The van der Waals surface area contributed by atoms with E-state index in [-0.39, 0.29) is 0 Å². The summed E-state index contributed by atoms with van der Waals surface area (Å²) in [6, 6.07) is 8.15. The molecule has 0 bridgehead atoms. The summed E-state index contributed by atoms with van der Waals surface area (Å²) >= 11 is 0. The standard InChI is InChI=1S/C12H17NO2/c1-14-13-9-10-5-7-12(8-6-10)15-11-3-2-4-11/h5-8,11,13H,2-4,9H2,1H3. The summed E-state index contributed by atoms with van der Waals surface area (Å²) in [6.45, 7) is 0.722. The molecule has 0 heterocycles.